The minimum Gasteiger partial charge on any atom is -0.338 e. The Morgan fingerprint density at radius 3 is 2.65 bits per heavy atom. The average Bonchev–Trinajstić information content (AvgIpc) is 2.85. The first-order valence-corrected chi connectivity index (χ1v) is 7.08. The van der Waals surface area contributed by atoms with Gasteiger partial charge in [0, 0.05) is 24.2 Å². The lowest BCUT2D eigenvalue weighted by atomic mass is 10.1. The van der Waals surface area contributed by atoms with Gasteiger partial charge >= 0.3 is 0 Å². The highest BCUT2D eigenvalue weighted by Crippen LogP contribution is 2.27. The average molecular weight is 292 g/mol. The van der Waals surface area contributed by atoms with E-state index in [0.717, 1.165) is 30.6 Å². The fourth-order valence-corrected chi connectivity index (χ4v) is 2.71. The Morgan fingerprint density at radius 1 is 1.25 bits per heavy atom. The number of benzene rings is 1. The van der Waals surface area contributed by atoms with E-state index >= 15 is 0 Å². The van der Waals surface area contributed by atoms with E-state index in [0.29, 0.717) is 17.1 Å². The standard InChI is InChI=1S/C15H15ClFN3/c1-10-3-2-8-20(10)15-18-13(9-14(16)19-15)11-4-6-12(17)7-5-11/h4-7,9-10H,2-3,8H2,1H3/t10-/m0/s1. The first-order chi connectivity index (χ1) is 9.63. The van der Waals surface area contributed by atoms with Crippen molar-refractivity contribution in [3.05, 3.63) is 41.3 Å². The highest BCUT2D eigenvalue weighted by Gasteiger charge is 2.23. The molecule has 3 nitrogen and oxygen atoms in total. The molecule has 0 N–H and O–H groups in total. The van der Waals surface area contributed by atoms with Gasteiger partial charge in [0.15, 0.2) is 0 Å². The molecule has 1 aromatic heterocycles. The summed E-state index contributed by atoms with van der Waals surface area (Å²) in [7, 11) is 0. The van der Waals surface area contributed by atoms with E-state index in [1.165, 1.54) is 12.1 Å². The zero-order chi connectivity index (χ0) is 14.1. The van der Waals surface area contributed by atoms with Gasteiger partial charge in [0.2, 0.25) is 5.95 Å². The molecule has 1 fully saturated rings. The second kappa shape index (κ2) is 5.37. The molecule has 0 spiro atoms. The molecule has 0 bridgehead atoms. The third kappa shape index (κ3) is 2.61. The number of nitrogens with zero attached hydrogens (tertiary/aromatic N) is 3. The van der Waals surface area contributed by atoms with Gasteiger partial charge in [0.1, 0.15) is 11.0 Å². The van der Waals surface area contributed by atoms with Crippen molar-refractivity contribution in [2.24, 2.45) is 0 Å². The third-order valence-electron chi connectivity index (χ3n) is 3.63. The van der Waals surface area contributed by atoms with Crippen LogP contribution in [0.2, 0.25) is 5.15 Å². The van der Waals surface area contributed by atoms with Crippen LogP contribution >= 0.6 is 11.6 Å². The Labute approximate surface area is 122 Å². The summed E-state index contributed by atoms with van der Waals surface area (Å²) in [4.78, 5) is 11.1. The lowest BCUT2D eigenvalue weighted by Crippen LogP contribution is -2.28. The van der Waals surface area contributed by atoms with Crippen LogP contribution in [0.3, 0.4) is 0 Å². The molecule has 1 aliphatic rings. The Bertz CT molecular complexity index is 615. The molecule has 0 radical (unpaired) electrons. The van der Waals surface area contributed by atoms with Gasteiger partial charge in [-0.15, -0.1) is 0 Å². The lowest BCUT2D eigenvalue weighted by molar-refractivity contribution is 0.628. The van der Waals surface area contributed by atoms with Crippen molar-refractivity contribution < 1.29 is 4.39 Å². The lowest BCUT2D eigenvalue weighted by Gasteiger charge is -2.21. The summed E-state index contributed by atoms with van der Waals surface area (Å²) in [6.45, 7) is 3.11. The normalized spacial score (nSPS) is 18.6. The van der Waals surface area contributed by atoms with E-state index in [1.54, 1.807) is 18.2 Å². The largest absolute Gasteiger partial charge is 0.338 e. The van der Waals surface area contributed by atoms with E-state index < -0.39 is 0 Å². The van der Waals surface area contributed by atoms with E-state index in [-0.39, 0.29) is 5.82 Å². The zero-order valence-corrected chi connectivity index (χ0v) is 11.9. The summed E-state index contributed by atoms with van der Waals surface area (Å²) in [6, 6.07) is 8.37. The van der Waals surface area contributed by atoms with Crippen molar-refractivity contribution in [1.82, 2.24) is 9.97 Å². The molecule has 0 aliphatic carbocycles. The predicted molar refractivity (Wildman–Crippen MR) is 78.5 cm³/mol. The topological polar surface area (TPSA) is 29.0 Å². The summed E-state index contributed by atoms with van der Waals surface area (Å²) < 4.78 is 13.0. The highest BCUT2D eigenvalue weighted by molar-refractivity contribution is 6.29. The number of anilines is 1. The van der Waals surface area contributed by atoms with Crippen LogP contribution in [0.1, 0.15) is 19.8 Å². The Hall–Kier alpha value is -1.68. The van der Waals surface area contributed by atoms with E-state index in [4.69, 9.17) is 11.6 Å². The van der Waals surface area contributed by atoms with Crippen molar-refractivity contribution in [3.63, 3.8) is 0 Å². The molecule has 2 heterocycles. The quantitative estimate of drug-likeness (QED) is 0.785. The predicted octanol–water partition coefficient (Wildman–Crippen LogP) is 3.92. The smallest absolute Gasteiger partial charge is 0.227 e. The third-order valence-corrected chi connectivity index (χ3v) is 3.83. The number of rotatable bonds is 2. The van der Waals surface area contributed by atoms with Crippen LogP contribution in [0.5, 0.6) is 0 Å². The molecule has 3 rings (SSSR count). The molecule has 1 atom stereocenters. The first-order valence-electron chi connectivity index (χ1n) is 6.70. The molecule has 1 saturated heterocycles. The van der Waals surface area contributed by atoms with Gasteiger partial charge in [0.25, 0.3) is 0 Å². The summed E-state index contributed by atoms with van der Waals surface area (Å²) in [5, 5.41) is 0.411. The molecule has 1 aromatic carbocycles. The van der Waals surface area contributed by atoms with Crippen LogP contribution < -0.4 is 4.90 Å². The first kappa shape index (κ1) is 13.3. The molecular weight excluding hydrogens is 277 g/mol. The Balaban J connectivity index is 2.00. The monoisotopic (exact) mass is 291 g/mol. The van der Waals surface area contributed by atoms with Crippen LogP contribution in [0, 0.1) is 5.82 Å². The molecule has 2 aromatic rings. The maximum atomic E-state index is 13.0. The second-order valence-electron chi connectivity index (χ2n) is 5.07. The van der Waals surface area contributed by atoms with Crippen molar-refractivity contribution in [2.75, 3.05) is 11.4 Å². The number of hydrogen-bond acceptors (Lipinski definition) is 3. The summed E-state index contributed by atoms with van der Waals surface area (Å²) in [5.74, 6) is 0.393. The van der Waals surface area contributed by atoms with Crippen molar-refractivity contribution in [3.8, 4) is 11.3 Å². The van der Waals surface area contributed by atoms with Crippen LogP contribution in [0.4, 0.5) is 10.3 Å². The summed E-state index contributed by atoms with van der Waals surface area (Å²) in [5.41, 5.74) is 1.56. The van der Waals surface area contributed by atoms with Crippen molar-refractivity contribution in [1.29, 1.82) is 0 Å². The molecule has 5 heteroatoms. The van der Waals surface area contributed by atoms with Crippen LogP contribution in [0.15, 0.2) is 30.3 Å². The van der Waals surface area contributed by atoms with Crippen LogP contribution in [0.25, 0.3) is 11.3 Å². The molecule has 1 aliphatic heterocycles. The van der Waals surface area contributed by atoms with Gasteiger partial charge in [0.05, 0.1) is 5.69 Å². The van der Waals surface area contributed by atoms with Crippen LogP contribution in [-0.2, 0) is 0 Å². The van der Waals surface area contributed by atoms with Gasteiger partial charge in [-0.1, -0.05) is 11.6 Å². The van der Waals surface area contributed by atoms with E-state index in [2.05, 4.69) is 21.8 Å². The molecule has 0 amide bonds. The number of halogens is 2. The van der Waals surface area contributed by atoms with Gasteiger partial charge < -0.3 is 4.90 Å². The molecule has 104 valence electrons. The SMILES string of the molecule is C[C@H]1CCCN1c1nc(Cl)cc(-c2ccc(F)cc2)n1. The van der Waals surface area contributed by atoms with E-state index in [1.807, 2.05) is 0 Å². The maximum Gasteiger partial charge on any atom is 0.227 e. The molecular formula is C15H15ClFN3. The van der Waals surface area contributed by atoms with Crippen molar-refractivity contribution in [2.45, 2.75) is 25.8 Å². The maximum absolute atomic E-state index is 13.0. The van der Waals surface area contributed by atoms with Gasteiger partial charge in [-0.05, 0) is 44.0 Å². The van der Waals surface area contributed by atoms with Gasteiger partial charge in [-0.2, -0.15) is 0 Å². The number of aromatic nitrogens is 2. The molecule has 0 unspecified atom stereocenters. The molecule has 20 heavy (non-hydrogen) atoms. The minimum absolute atomic E-state index is 0.262. The van der Waals surface area contributed by atoms with Gasteiger partial charge in [-0.3, -0.25) is 0 Å². The summed E-state index contributed by atoms with van der Waals surface area (Å²) in [6.07, 6.45) is 2.28. The highest BCUT2D eigenvalue weighted by atomic mass is 35.5. The Morgan fingerprint density at radius 2 is 2.00 bits per heavy atom. The van der Waals surface area contributed by atoms with Crippen LogP contribution in [-0.4, -0.2) is 22.6 Å². The number of hydrogen-bond donors (Lipinski definition) is 0. The van der Waals surface area contributed by atoms with E-state index in [9.17, 15) is 4.39 Å². The second-order valence-corrected chi connectivity index (χ2v) is 5.45. The fourth-order valence-electron chi connectivity index (χ4n) is 2.53. The Kier molecular flexibility index (Phi) is 3.57. The minimum atomic E-state index is -0.262. The zero-order valence-electron chi connectivity index (χ0n) is 11.2. The fraction of sp³-hybridized carbons (Fsp3) is 0.333. The molecule has 0 saturated carbocycles. The van der Waals surface area contributed by atoms with Gasteiger partial charge in [-0.25, -0.2) is 14.4 Å². The van der Waals surface area contributed by atoms with Crippen molar-refractivity contribution >= 4 is 17.5 Å². The summed E-state index contributed by atoms with van der Waals surface area (Å²) >= 11 is 6.11.